The van der Waals surface area contributed by atoms with E-state index in [-0.39, 0.29) is 6.10 Å². The molecule has 0 amide bonds. The number of rotatable bonds is 9. The average molecular weight is 228 g/mol. The molecule has 1 atom stereocenters. The molecule has 1 aliphatic rings. The molecule has 0 aromatic carbocycles. The third-order valence-electron chi connectivity index (χ3n) is 3.07. The SMILES string of the molecule is CCCCN(CC(O)CNC(C)C)C1CC1. The number of hydrogen-bond acceptors (Lipinski definition) is 3. The fourth-order valence-electron chi connectivity index (χ4n) is 1.93. The van der Waals surface area contributed by atoms with E-state index in [0.717, 1.165) is 19.1 Å². The third-order valence-corrected chi connectivity index (χ3v) is 3.07. The highest BCUT2D eigenvalue weighted by Crippen LogP contribution is 2.27. The van der Waals surface area contributed by atoms with E-state index in [0.29, 0.717) is 12.6 Å². The van der Waals surface area contributed by atoms with Crippen molar-refractivity contribution in [2.45, 2.75) is 64.6 Å². The molecule has 0 saturated heterocycles. The molecule has 1 fully saturated rings. The molecule has 3 nitrogen and oxygen atoms in total. The number of nitrogens with one attached hydrogen (secondary N) is 1. The summed E-state index contributed by atoms with van der Waals surface area (Å²) in [5, 5.41) is 13.2. The van der Waals surface area contributed by atoms with Crippen LogP contribution in [0.4, 0.5) is 0 Å². The molecule has 3 heteroatoms. The van der Waals surface area contributed by atoms with Crippen LogP contribution < -0.4 is 5.32 Å². The molecule has 16 heavy (non-hydrogen) atoms. The lowest BCUT2D eigenvalue weighted by molar-refractivity contribution is 0.104. The zero-order valence-electron chi connectivity index (χ0n) is 11.1. The quantitative estimate of drug-likeness (QED) is 0.629. The van der Waals surface area contributed by atoms with Gasteiger partial charge in [0, 0.05) is 25.2 Å². The van der Waals surface area contributed by atoms with E-state index in [9.17, 15) is 5.11 Å². The van der Waals surface area contributed by atoms with E-state index in [1.54, 1.807) is 0 Å². The van der Waals surface area contributed by atoms with Gasteiger partial charge in [0.25, 0.3) is 0 Å². The molecule has 1 saturated carbocycles. The van der Waals surface area contributed by atoms with Crippen molar-refractivity contribution in [1.82, 2.24) is 10.2 Å². The maximum atomic E-state index is 9.94. The average Bonchev–Trinajstić information content (AvgIpc) is 3.05. The fourth-order valence-corrected chi connectivity index (χ4v) is 1.93. The number of unbranched alkanes of at least 4 members (excludes halogenated alkanes) is 1. The minimum atomic E-state index is -0.222. The molecule has 0 heterocycles. The number of aliphatic hydroxyl groups excluding tert-OH is 1. The standard InChI is InChI=1S/C13H28N2O/c1-4-5-8-15(12-6-7-12)10-13(16)9-14-11(2)3/h11-14,16H,4-10H2,1-3H3. The van der Waals surface area contributed by atoms with Gasteiger partial charge < -0.3 is 10.4 Å². The second kappa shape index (κ2) is 7.25. The highest BCUT2D eigenvalue weighted by molar-refractivity contribution is 4.85. The summed E-state index contributed by atoms with van der Waals surface area (Å²) in [6, 6.07) is 1.22. The molecular weight excluding hydrogens is 200 g/mol. The van der Waals surface area contributed by atoms with E-state index >= 15 is 0 Å². The van der Waals surface area contributed by atoms with Crippen LogP contribution in [0, 0.1) is 0 Å². The summed E-state index contributed by atoms with van der Waals surface area (Å²) in [7, 11) is 0. The molecule has 2 N–H and O–H groups in total. The van der Waals surface area contributed by atoms with Gasteiger partial charge in [-0.3, -0.25) is 4.90 Å². The van der Waals surface area contributed by atoms with Crippen LogP contribution in [0.2, 0.25) is 0 Å². The molecule has 1 rings (SSSR count). The highest BCUT2D eigenvalue weighted by Gasteiger charge is 2.29. The van der Waals surface area contributed by atoms with Gasteiger partial charge in [0.15, 0.2) is 0 Å². The first-order valence-corrected chi connectivity index (χ1v) is 6.79. The largest absolute Gasteiger partial charge is 0.390 e. The lowest BCUT2D eigenvalue weighted by Crippen LogP contribution is -2.41. The van der Waals surface area contributed by atoms with Gasteiger partial charge in [-0.2, -0.15) is 0 Å². The minimum absolute atomic E-state index is 0.222. The van der Waals surface area contributed by atoms with Crippen molar-refractivity contribution in [2.75, 3.05) is 19.6 Å². The maximum absolute atomic E-state index is 9.94. The second-order valence-electron chi connectivity index (χ2n) is 5.30. The lowest BCUT2D eigenvalue weighted by Gasteiger charge is -2.25. The van der Waals surface area contributed by atoms with E-state index in [1.807, 2.05) is 0 Å². The number of nitrogens with zero attached hydrogens (tertiary/aromatic N) is 1. The Kier molecular flexibility index (Phi) is 6.32. The lowest BCUT2D eigenvalue weighted by atomic mass is 10.2. The Morgan fingerprint density at radius 2 is 2.06 bits per heavy atom. The molecule has 96 valence electrons. The van der Waals surface area contributed by atoms with Gasteiger partial charge >= 0.3 is 0 Å². The van der Waals surface area contributed by atoms with E-state index in [1.165, 1.54) is 25.7 Å². The normalized spacial score (nSPS) is 18.4. The Labute approximate surface area is 100 Å². The Bertz CT molecular complexity index is 181. The predicted octanol–water partition coefficient (Wildman–Crippen LogP) is 1.61. The fraction of sp³-hybridized carbons (Fsp3) is 1.00. The molecular formula is C13H28N2O. The molecule has 1 unspecified atom stereocenters. The molecule has 0 aromatic rings. The zero-order valence-corrected chi connectivity index (χ0v) is 11.1. The van der Waals surface area contributed by atoms with Crippen LogP contribution in [0.1, 0.15) is 46.5 Å². The molecule has 0 spiro atoms. The maximum Gasteiger partial charge on any atom is 0.0791 e. The summed E-state index contributed by atoms with van der Waals surface area (Å²) in [5.41, 5.74) is 0. The Morgan fingerprint density at radius 1 is 1.38 bits per heavy atom. The first kappa shape index (κ1) is 13.9. The van der Waals surface area contributed by atoms with Crippen LogP contribution in [-0.2, 0) is 0 Å². The van der Waals surface area contributed by atoms with Crippen molar-refractivity contribution in [3.05, 3.63) is 0 Å². The summed E-state index contributed by atoms with van der Waals surface area (Å²) < 4.78 is 0. The Morgan fingerprint density at radius 3 is 2.56 bits per heavy atom. The topological polar surface area (TPSA) is 35.5 Å². The van der Waals surface area contributed by atoms with Crippen molar-refractivity contribution < 1.29 is 5.11 Å². The van der Waals surface area contributed by atoms with E-state index < -0.39 is 0 Å². The van der Waals surface area contributed by atoms with Crippen LogP contribution >= 0.6 is 0 Å². The van der Waals surface area contributed by atoms with Crippen molar-refractivity contribution in [3.63, 3.8) is 0 Å². The molecule has 0 aromatic heterocycles. The van der Waals surface area contributed by atoms with E-state index in [4.69, 9.17) is 0 Å². The number of hydrogen-bond donors (Lipinski definition) is 2. The van der Waals surface area contributed by atoms with Crippen LogP contribution in [0.25, 0.3) is 0 Å². The van der Waals surface area contributed by atoms with Gasteiger partial charge in [-0.1, -0.05) is 27.2 Å². The van der Waals surface area contributed by atoms with Crippen LogP contribution in [0.15, 0.2) is 0 Å². The number of aliphatic hydroxyl groups is 1. The van der Waals surface area contributed by atoms with Crippen molar-refractivity contribution in [2.24, 2.45) is 0 Å². The van der Waals surface area contributed by atoms with Crippen molar-refractivity contribution >= 4 is 0 Å². The zero-order chi connectivity index (χ0) is 12.0. The summed E-state index contributed by atoms with van der Waals surface area (Å²) in [4.78, 5) is 2.47. The van der Waals surface area contributed by atoms with Gasteiger partial charge in [0.2, 0.25) is 0 Å². The predicted molar refractivity (Wildman–Crippen MR) is 68.6 cm³/mol. The van der Waals surface area contributed by atoms with Crippen molar-refractivity contribution in [3.8, 4) is 0 Å². The first-order chi connectivity index (χ1) is 7.63. The van der Waals surface area contributed by atoms with Crippen LogP contribution in [0.5, 0.6) is 0 Å². The molecule has 1 aliphatic carbocycles. The molecule has 0 aliphatic heterocycles. The van der Waals surface area contributed by atoms with Gasteiger partial charge in [0.1, 0.15) is 0 Å². The first-order valence-electron chi connectivity index (χ1n) is 6.79. The van der Waals surface area contributed by atoms with Crippen molar-refractivity contribution in [1.29, 1.82) is 0 Å². The monoisotopic (exact) mass is 228 g/mol. The highest BCUT2D eigenvalue weighted by atomic mass is 16.3. The van der Waals surface area contributed by atoms with E-state index in [2.05, 4.69) is 31.0 Å². The summed E-state index contributed by atoms with van der Waals surface area (Å²) >= 11 is 0. The van der Waals surface area contributed by atoms with Crippen LogP contribution in [0.3, 0.4) is 0 Å². The Balaban J connectivity index is 2.19. The third kappa shape index (κ3) is 5.83. The molecule has 0 bridgehead atoms. The van der Waals surface area contributed by atoms with Gasteiger partial charge in [-0.15, -0.1) is 0 Å². The summed E-state index contributed by atoms with van der Waals surface area (Å²) in [6.45, 7) is 9.16. The summed E-state index contributed by atoms with van der Waals surface area (Å²) in [6.07, 6.45) is 4.92. The van der Waals surface area contributed by atoms with Gasteiger partial charge in [-0.05, 0) is 25.8 Å². The Hall–Kier alpha value is -0.120. The smallest absolute Gasteiger partial charge is 0.0791 e. The van der Waals surface area contributed by atoms with Gasteiger partial charge in [0.05, 0.1) is 6.10 Å². The minimum Gasteiger partial charge on any atom is -0.390 e. The second-order valence-corrected chi connectivity index (χ2v) is 5.30. The summed E-state index contributed by atoms with van der Waals surface area (Å²) in [5.74, 6) is 0. The van der Waals surface area contributed by atoms with Gasteiger partial charge in [-0.25, -0.2) is 0 Å². The van der Waals surface area contributed by atoms with Crippen LogP contribution in [-0.4, -0.2) is 47.8 Å². The molecule has 0 radical (unpaired) electrons.